The van der Waals surface area contributed by atoms with Gasteiger partial charge in [0.25, 0.3) is 0 Å². The second-order valence-corrected chi connectivity index (χ2v) is 16.6. The third-order valence-electron chi connectivity index (χ3n) is 10.8. The zero-order valence-electron chi connectivity index (χ0n) is 28.2. The van der Waals surface area contributed by atoms with E-state index in [4.69, 9.17) is 19.0 Å². The highest BCUT2D eigenvalue weighted by atomic mass is 79.9. The topological polar surface area (TPSA) is 72.8 Å². The minimum Gasteiger partial charge on any atom is -0.497 e. The lowest BCUT2D eigenvalue weighted by molar-refractivity contribution is 0.0641. The predicted molar refractivity (Wildman–Crippen MR) is 198 cm³/mol. The molecule has 2 fully saturated rings. The van der Waals surface area contributed by atoms with Crippen molar-refractivity contribution in [1.82, 2.24) is 4.90 Å². The van der Waals surface area contributed by atoms with Gasteiger partial charge in [-0.15, -0.1) is 0 Å². The molecule has 0 saturated heterocycles. The number of hydrogen-bond acceptors (Lipinski definition) is 9. The fraction of sp³-hybridized carbons (Fsp3) is 0.649. The molecule has 2 aromatic rings. The molecular formula is C37H51BrN2O5S2. The minimum absolute atomic E-state index is 0.0286. The average molecular weight is 748 g/mol. The molecule has 2 aliphatic heterocycles. The molecular weight excluding hydrogens is 696 g/mol. The maximum absolute atomic E-state index is 11.0. The third kappa shape index (κ3) is 7.62. The molecule has 1 N–H and O–H groups in total. The standard InChI is InChI=1S/C37H51BrN2O5S2/c1-42-30-13-11-26(12-14-30)24-47-33-20-28(39-43-2)19-32-37(33)21-29(23-41)40(15-7-17-46-3)22-27-18-31(35(38)36(45-32)34(27)37)44-16-6-10-25-8-4-5-9-25/h11-14,18,25,29,32-33,41H,4-10,15-17,19-24H2,1-3H3/b39-28-/t29-,32+,33+,37?/m0/s1. The number of ether oxygens (including phenoxy) is 3. The molecule has 47 heavy (non-hydrogen) atoms. The second-order valence-electron chi connectivity index (χ2n) is 13.6. The molecule has 2 aliphatic carbocycles. The molecule has 2 aromatic carbocycles. The first kappa shape index (κ1) is 35.2. The van der Waals surface area contributed by atoms with Crippen molar-refractivity contribution in [2.24, 2.45) is 11.1 Å². The van der Waals surface area contributed by atoms with Gasteiger partial charge in [0.05, 0.1) is 31.5 Å². The van der Waals surface area contributed by atoms with Gasteiger partial charge in [0.1, 0.15) is 34.9 Å². The van der Waals surface area contributed by atoms with Crippen LogP contribution in [-0.4, -0.2) is 79.1 Å². The van der Waals surface area contributed by atoms with E-state index in [1.165, 1.54) is 48.8 Å². The zero-order valence-corrected chi connectivity index (χ0v) is 31.4. The van der Waals surface area contributed by atoms with Crippen molar-refractivity contribution in [3.63, 3.8) is 0 Å². The largest absolute Gasteiger partial charge is 0.497 e. The maximum atomic E-state index is 11.0. The summed E-state index contributed by atoms with van der Waals surface area (Å²) in [5.74, 6) is 5.49. The summed E-state index contributed by atoms with van der Waals surface area (Å²) in [7, 11) is 3.34. The number of aliphatic hydroxyl groups is 1. The highest BCUT2D eigenvalue weighted by Gasteiger charge is 2.60. The van der Waals surface area contributed by atoms with Crippen LogP contribution in [0.4, 0.5) is 0 Å². The predicted octanol–water partition coefficient (Wildman–Crippen LogP) is 8.22. The van der Waals surface area contributed by atoms with Crippen LogP contribution in [-0.2, 0) is 22.6 Å². The first-order valence-corrected chi connectivity index (χ1v) is 20.6. The van der Waals surface area contributed by atoms with Gasteiger partial charge in [0.15, 0.2) is 0 Å². The number of methoxy groups -OCH3 is 1. The van der Waals surface area contributed by atoms with Crippen molar-refractivity contribution < 1.29 is 24.2 Å². The van der Waals surface area contributed by atoms with Gasteiger partial charge in [-0.1, -0.05) is 43.0 Å². The van der Waals surface area contributed by atoms with E-state index >= 15 is 0 Å². The number of oxime groups is 1. The molecule has 0 radical (unpaired) electrons. The van der Waals surface area contributed by atoms with Crippen LogP contribution in [0.25, 0.3) is 0 Å². The molecule has 2 saturated carbocycles. The first-order chi connectivity index (χ1) is 23.0. The smallest absolute Gasteiger partial charge is 0.142 e. The summed E-state index contributed by atoms with van der Waals surface area (Å²) >= 11 is 7.85. The molecule has 0 bridgehead atoms. The van der Waals surface area contributed by atoms with Crippen molar-refractivity contribution >= 4 is 45.2 Å². The fourth-order valence-electron chi connectivity index (χ4n) is 8.47. The lowest BCUT2D eigenvalue weighted by atomic mass is 9.64. The summed E-state index contributed by atoms with van der Waals surface area (Å²) in [6.07, 6.45) is 13.3. The maximum Gasteiger partial charge on any atom is 0.142 e. The molecule has 7 nitrogen and oxygen atoms in total. The van der Waals surface area contributed by atoms with Gasteiger partial charge < -0.3 is 24.2 Å². The number of benzene rings is 2. The lowest BCUT2D eigenvalue weighted by Crippen LogP contribution is -2.55. The quantitative estimate of drug-likeness (QED) is 0.145. The van der Waals surface area contributed by atoms with Gasteiger partial charge in [-0.2, -0.15) is 23.5 Å². The van der Waals surface area contributed by atoms with Crippen molar-refractivity contribution in [2.45, 2.75) is 99.3 Å². The summed E-state index contributed by atoms with van der Waals surface area (Å²) in [4.78, 5) is 7.88. The highest BCUT2D eigenvalue weighted by Crippen LogP contribution is 2.61. The van der Waals surface area contributed by atoms with Gasteiger partial charge in [-0.3, -0.25) is 4.90 Å². The number of aliphatic hydroxyl groups excluding tert-OH is 1. The fourth-order valence-corrected chi connectivity index (χ4v) is 11.0. The molecule has 4 atom stereocenters. The van der Waals surface area contributed by atoms with Crippen molar-refractivity contribution in [2.75, 3.05) is 46.0 Å². The van der Waals surface area contributed by atoms with Gasteiger partial charge in [-0.05, 0) is 95.4 Å². The van der Waals surface area contributed by atoms with Crippen LogP contribution < -0.4 is 14.2 Å². The van der Waals surface area contributed by atoms with Crippen LogP contribution >= 0.6 is 39.5 Å². The van der Waals surface area contributed by atoms with Crippen LogP contribution in [0.15, 0.2) is 40.0 Å². The van der Waals surface area contributed by atoms with Crippen molar-refractivity contribution in [1.29, 1.82) is 0 Å². The Morgan fingerprint density at radius 3 is 2.66 bits per heavy atom. The van der Waals surface area contributed by atoms with E-state index in [2.05, 4.69) is 50.4 Å². The van der Waals surface area contributed by atoms with Crippen molar-refractivity contribution in [3.05, 3.63) is 51.5 Å². The number of rotatable bonds is 15. The molecule has 1 spiro atoms. The van der Waals surface area contributed by atoms with Crippen LogP contribution in [0.3, 0.4) is 0 Å². The summed E-state index contributed by atoms with van der Waals surface area (Å²) in [6.45, 7) is 2.57. The molecule has 1 unspecified atom stereocenters. The molecule has 2 heterocycles. The Hall–Kier alpha value is -1.59. The van der Waals surface area contributed by atoms with Gasteiger partial charge >= 0.3 is 0 Å². The van der Waals surface area contributed by atoms with Gasteiger partial charge in [0.2, 0.25) is 0 Å². The molecule has 0 aromatic heterocycles. The highest BCUT2D eigenvalue weighted by molar-refractivity contribution is 9.10. The summed E-state index contributed by atoms with van der Waals surface area (Å²) in [5.41, 5.74) is 4.58. The van der Waals surface area contributed by atoms with E-state index in [0.717, 1.165) is 83.6 Å². The number of nitrogens with zero attached hydrogens (tertiary/aromatic N) is 2. The zero-order chi connectivity index (χ0) is 32.8. The van der Waals surface area contributed by atoms with Crippen LogP contribution in [0.2, 0.25) is 0 Å². The minimum atomic E-state index is -0.292. The first-order valence-electron chi connectivity index (χ1n) is 17.3. The van der Waals surface area contributed by atoms with E-state index in [-0.39, 0.29) is 29.4 Å². The van der Waals surface area contributed by atoms with E-state index in [1.807, 2.05) is 35.7 Å². The van der Waals surface area contributed by atoms with Crippen molar-refractivity contribution in [3.8, 4) is 17.2 Å². The van der Waals surface area contributed by atoms with E-state index in [0.29, 0.717) is 13.0 Å². The van der Waals surface area contributed by atoms with Gasteiger partial charge in [0, 0.05) is 42.0 Å². The number of thioether (sulfide) groups is 2. The Morgan fingerprint density at radius 1 is 1.13 bits per heavy atom. The molecule has 10 heteroatoms. The monoisotopic (exact) mass is 746 g/mol. The summed E-state index contributed by atoms with van der Waals surface area (Å²) < 4.78 is 20.0. The number of hydrogen-bond donors (Lipinski definition) is 1. The Kier molecular flexibility index (Phi) is 12.3. The Labute approximate surface area is 298 Å². The van der Waals surface area contributed by atoms with E-state index in [9.17, 15) is 5.11 Å². The molecule has 4 aliphatic rings. The van der Waals surface area contributed by atoms with Gasteiger partial charge in [-0.25, -0.2) is 0 Å². The summed E-state index contributed by atoms with van der Waals surface area (Å²) in [5, 5.41) is 15.7. The molecule has 6 rings (SSSR count). The second kappa shape index (κ2) is 16.4. The Morgan fingerprint density at radius 2 is 1.94 bits per heavy atom. The Bertz CT molecular complexity index is 1370. The number of halogens is 1. The third-order valence-corrected chi connectivity index (χ3v) is 13.7. The Balaban J connectivity index is 1.37. The normalized spacial score (nSPS) is 26.5. The van der Waals surface area contributed by atoms with Crippen LogP contribution in [0.1, 0.15) is 80.9 Å². The van der Waals surface area contributed by atoms with Crippen LogP contribution in [0, 0.1) is 5.92 Å². The lowest BCUT2D eigenvalue weighted by Gasteiger charge is -2.46. The van der Waals surface area contributed by atoms with Crippen LogP contribution in [0.5, 0.6) is 17.2 Å². The SMILES string of the molecule is CO/N=C1/C[C@H]2Oc3c(Br)c(OCCCC4CCCC4)cc4c3C2(C[C@@H](CO)N(CCCSC)C4)[C@H](SCc2ccc(OC)cc2)C1. The van der Waals surface area contributed by atoms with E-state index in [1.54, 1.807) is 14.2 Å². The molecule has 258 valence electrons. The van der Waals surface area contributed by atoms with E-state index < -0.39 is 0 Å². The molecule has 0 amide bonds. The average Bonchev–Trinajstić information content (AvgIpc) is 3.70. The summed E-state index contributed by atoms with van der Waals surface area (Å²) in [6, 6.07) is 10.7.